The maximum atomic E-state index is 9.40. The molecule has 3 rings (SSSR count). The van der Waals surface area contributed by atoms with Gasteiger partial charge in [-0.25, -0.2) is 0 Å². The Hall–Kier alpha value is 1.24. The molecule has 2 nitrogen and oxygen atoms in total. The molecule has 2 N–H and O–H groups in total. The lowest BCUT2D eigenvalue weighted by Crippen LogP contribution is -2.19. The van der Waals surface area contributed by atoms with Crippen molar-refractivity contribution in [1.82, 2.24) is 0 Å². The van der Waals surface area contributed by atoms with Crippen LogP contribution >= 0.6 is 70.6 Å². The van der Waals surface area contributed by atoms with E-state index < -0.39 is 0 Å². The second-order valence-corrected chi connectivity index (χ2v) is 15.1. The Morgan fingerprint density at radius 2 is 1.21 bits per heavy atom. The molecule has 0 bridgehead atoms. The molecule has 0 radical (unpaired) electrons. The quantitative estimate of drug-likeness (QED) is 0.490. The zero-order chi connectivity index (χ0) is 19.9. The standard InChI is InChI=1S/C20H30O2S6/c1-23-17(19-25-11-15(9-21)27-19)7-13-3-5-14(6-4-13)8-18(24-2)20-26-12-16(10-22)28-20/h3-6,15-22H,7-12H2,1-2H3. The van der Waals surface area contributed by atoms with Crippen molar-refractivity contribution in [3.05, 3.63) is 35.4 Å². The van der Waals surface area contributed by atoms with Gasteiger partial charge in [-0.15, -0.1) is 47.0 Å². The van der Waals surface area contributed by atoms with E-state index in [1.807, 2.05) is 70.6 Å². The van der Waals surface area contributed by atoms with Crippen molar-refractivity contribution in [2.24, 2.45) is 0 Å². The summed E-state index contributed by atoms with van der Waals surface area (Å²) in [4.78, 5) is 0. The third kappa shape index (κ3) is 6.62. The van der Waals surface area contributed by atoms with Gasteiger partial charge >= 0.3 is 0 Å². The second kappa shape index (κ2) is 12.3. The number of hydrogen-bond acceptors (Lipinski definition) is 8. The number of hydrogen-bond donors (Lipinski definition) is 2. The largest absolute Gasteiger partial charge is 0.395 e. The first-order chi connectivity index (χ1) is 13.7. The second-order valence-electron chi connectivity index (χ2n) is 7.06. The fourth-order valence-electron chi connectivity index (χ4n) is 3.38. The van der Waals surface area contributed by atoms with Crippen LogP contribution < -0.4 is 0 Å². The molecule has 1 aromatic carbocycles. The molecule has 2 heterocycles. The molecule has 0 spiro atoms. The highest BCUT2D eigenvalue weighted by atomic mass is 32.2. The summed E-state index contributed by atoms with van der Waals surface area (Å²) in [6.45, 7) is 0.606. The van der Waals surface area contributed by atoms with Crippen molar-refractivity contribution in [3.8, 4) is 0 Å². The van der Waals surface area contributed by atoms with Gasteiger partial charge in [0.15, 0.2) is 0 Å². The smallest absolute Gasteiger partial charge is 0.0628 e. The number of aliphatic hydroxyl groups is 2. The zero-order valence-corrected chi connectivity index (χ0v) is 21.3. The Bertz CT molecular complexity index is 536. The van der Waals surface area contributed by atoms with Crippen LogP contribution in [-0.2, 0) is 12.8 Å². The van der Waals surface area contributed by atoms with Crippen LogP contribution in [0.25, 0.3) is 0 Å². The van der Waals surface area contributed by atoms with Crippen LogP contribution in [0, 0.1) is 0 Å². The van der Waals surface area contributed by atoms with Crippen LogP contribution in [0.3, 0.4) is 0 Å². The number of rotatable bonds is 10. The van der Waals surface area contributed by atoms with Crippen LogP contribution in [0.4, 0.5) is 0 Å². The lowest BCUT2D eigenvalue weighted by atomic mass is 10.0. The van der Waals surface area contributed by atoms with Crippen molar-refractivity contribution in [2.45, 2.75) is 43.0 Å². The maximum absolute atomic E-state index is 9.40. The van der Waals surface area contributed by atoms with E-state index in [1.54, 1.807) is 0 Å². The summed E-state index contributed by atoms with van der Waals surface area (Å²) < 4.78 is 1.17. The van der Waals surface area contributed by atoms with Crippen LogP contribution in [-0.4, -0.2) is 77.6 Å². The van der Waals surface area contributed by atoms with Gasteiger partial charge < -0.3 is 10.2 Å². The van der Waals surface area contributed by atoms with Gasteiger partial charge in [0.05, 0.1) is 22.4 Å². The molecule has 158 valence electrons. The normalized spacial score (nSPS) is 29.9. The highest BCUT2D eigenvalue weighted by Gasteiger charge is 2.32. The van der Waals surface area contributed by atoms with Crippen molar-refractivity contribution in [2.75, 3.05) is 37.2 Å². The van der Waals surface area contributed by atoms with E-state index in [1.165, 1.54) is 11.1 Å². The zero-order valence-electron chi connectivity index (χ0n) is 16.4. The van der Waals surface area contributed by atoms with Crippen LogP contribution in [0.1, 0.15) is 11.1 Å². The molecule has 0 amide bonds. The third-order valence-corrected chi connectivity index (χ3v) is 14.8. The van der Waals surface area contributed by atoms with Gasteiger partial charge in [0.25, 0.3) is 0 Å². The number of aliphatic hydroxyl groups excluding tert-OH is 2. The van der Waals surface area contributed by atoms with E-state index in [9.17, 15) is 10.2 Å². The Kier molecular flexibility index (Phi) is 10.5. The lowest BCUT2D eigenvalue weighted by molar-refractivity contribution is 0.301. The van der Waals surface area contributed by atoms with E-state index in [0.29, 0.717) is 43.4 Å². The summed E-state index contributed by atoms with van der Waals surface area (Å²) in [5.74, 6) is 2.15. The van der Waals surface area contributed by atoms with Crippen molar-refractivity contribution in [3.63, 3.8) is 0 Å². The average Bonchev–Trinajstić information content (AvgIpc) is 3.40. The SMILES string of the molecule is CSC(Cc1ccc(CC(SC)C2SCC(CO)S2)cc1)C1SCC(CO)S1. The van der Waals surface area contributed by atoms with Crippen molar-refractivity contribution in [1.29, 1.82) is 0 Å². The Labute approximate surface area is 195 Å². The average molecular weight is 495 g/mol. The minimum Gasteiger partial charge on any atom is -0.395 e. The molecule has 1 aromatic rings. The van der Waals surface area contributed by atoms with E-state index in [-0.39, 0.29) is 0 Å². The van der Waals surface area contributed by atoms with Crippen LogP contribution in [0.2, 0.25) is 0 Å². The molecule has 6 atom stereocenters. The highest BCUT2D eigenvalue weighted by molar-refractivity contribution is 8.22. The van der Waals surface area contributed by atoms with Gasteiger partial charge in [-0.05, 0) is 36.5 Å². The van der Waals surface area contributed by atoms with E-state index in [4.69, 9.17) is 0 Å². The molecule has 0 aromatic heterocycles. The Morgan fingerprint density at radius 1 is 0.821 bits per heavy atom. The Balaban J connectivity index is 1.54. The topological polar surface area (TPSA) is 40.5 Å². The Morgan fingerprint density at radius 3 is 1.50 bits per heavy atom. The first-order valence-corrected chi connectivity index (χ1v) is 16.1. The van der Waals surface area contributed by atoms with Gasteiger partial charge in [0.1, 0.15) is 0 Å². The molecule has 2 aliphatic heterocycles. The fraction of sp³-hybridized carbons (Fsp3) is 0.700. The van der Waals surface area contributed by atoms with E-state index in [0.717, 1.165) is 24.3 Å². The number of benzene rings is 1. The molecular formula is C20H30O2S6. The van der Waals surface area contributed by atoms with Gasteiger partial charge in [0.2, 0.25) is 0 Å². The third-order valence-electron chi connectivity index (χ3n) is 5.06. The van der Waals surface area contributed by atoms with E-state index in [2.05, 4.69) is 36.8 Å². The first kappa shape index (κ1) is 23.9. The van der Waals surface area contributed by atoms with Crippen LogP contribution in [0.15, 0.2) is 24.3 Å². The molecule has 0 aliphatic carbocycles. The van der Waals surface area contributed by atoms with Gasteiger partial charge in [0, 0.05) is 32.5 Å². The summed E-state index contributed by atoms with van der Waals surface area (Å²) in [7, 11) is 0. The minimum atomic E-state index is 0.303. The summed E-state index contributed by atoms with van der Waals surface area (Å²) in [6, 6.07) is 9.26. The molecule has 2 fully saturated rings. The van der Waals surface area contributed by atoms with E-state index >= 15 is 0 Å². The molecule has 8 heteroatoms. The lowest BCUT2D eigenvalue weighted by Gasteiger charge is -2.22. The van der Waals surface area contributed by atoms with Crippen molar-refractivity contribution < 1.29 is 10.2 Å². The minimum absolute atomic E-state index is 0.303. The van der Waals surface area contributed by atoms with Gasteiger partial charge in [-0.1, -0.05) is 24.3 Å². The van der Waals surface area contributed by atoms with Crippen molar-refractivity contribution >= 4 is 70.6 Å². The molecule has 0 saturated carbocycles. The predicted molar refractivity (Wildman–Crippen MR) is 138 cm³/mol. The van der Waals surface area contributed by atoms with Crippen LogP contribution in [0.5, 0.6) is 0 Å². The summed E-state index contributed by atoms with van der Waals surface area (Å²) in [5.41, 5.74) is 2.84. The maximum Gasteiger partial charge on any atom is 0.0628 e. The summed E-state index contributed by atoms with van der Waals surface area (Å²) >= 11 is 11.9. The first-order valence-electron chi connectivity index (χ1n) is 9.56. The molecule has 28 heavy (non-hydrogen) atoms. The number of thioether (sulfide) groups is 6. The summed E-state index contributed by atoms with van der Waals surface area (Å²) in [5, 5.41) is 20.8. The molecule has 6 unspecified atom stereocenters. The van der Waals surface area contributed by atoms with Gasteiger partial charge in [-0.2, -0.15) is 23.5 Å². The monoisotopic (exact) mass is 494 g/mol. The molecule has 2 saturated heterocycles. The molecule has 2 aliphatic rings. The summed E-state index contributed by atoms with van der Waals surface area (Å²) in [6.07, 6.45) is 6.63. The highest BCUT2D eigenvalue weighted by Crippen LogP contribution is 2.44. The predicted octanol–water partition coefficient (Wildman–Crippen LogP) is 4.57. The van der Waals surface area contributed by atoms with Gasteiger partial charge in [-0.3, -0.25) is 0 Å². The fourth-order valence-corrected chi connectivity index (χ4v) is 13.0. The molecular weight excluding hydrogens is 465 g/mol.